The molecule has 1 aliphatic heterocycles. The molecule has 0 aromatic carbocycles. The molecule has 0 radical (unpaired) electrons. The Hall–Kier alpha value is -2.16. The molecule has 0 saturated carbocycles. The topological polar surface area (TPSA) is 69.2 Å². The minimum atomic E-state index is 0.233. The molecular weight excluding hydrogens is 386 g/mol. The second-order valence-corrected chi connectivity index (χ2v) is 8.38. The molecule has 3 aromatic rings. The third-order valence-corrected chi connectivity index (χ3v) is 5.91. The van der Waals surface area contributed by atoms with Gasteiger partial charge in [-0.2, -0.15) is 0 Å². The third kappa shape index (κ3) is 5.46. The van der Waals surface area contributed by atoms with Crippen LogP contribution in [0.1, 0.15) is 35.9 Å². The molecule has 154 valence electrons. The fourth-order valence-corrected chi connectivity index (χ4v) is 4.36. The highest BCUT2D eigenvalue weighted by Gasteiger charge is 2.22. The maximum Gasteiger partial charge on any atom is 0.191 e. The van der Waals surface area contributed by atoms with Crippen LogP contribution in [0.3, 0.4) is 0 Å². The van der Waals surface area contributed by atoms with E-state index in [9.17, 15) is 0 Å². The fraction of sp³-hybridized carbons (Fsp3) is 0.476. The van der Waals surface area contributed by atoms with Gasteiger partial charge in [-0.3, -0.25) is 9.88 Å². The maximum absolute atomic E-state index is 5.88. The van der Waals surface area contributed by atoms with Crippen molar-refractivity contribution in [1.82, 2.24) is 24.6 Å². The van der Waals surface area contributed by atoms with Crippen LogP contribution in [-0.4, -0.2) is 44.4 Å². The molecule has 8 heteroatoms. The molecule has 1 saturated heterocycles. The van der Waals surface area contributed by atoms with Gasteiger partial charge in [0.2, 0.25) is 0 Å². The van der Waals surface area contributed by atoms with Crippen LogP contribution in [0.4, 0.5) is 0 Å². The van der Waals surface area contributed by atoms with Gasteiger partial charge in [-0.05, 0) is 51.1 Å². The van der Waals surface area contributed by atoms with Gasteiger partial charge in [0.1, 0.15) is 17.3 Å². The van der Waals surface area contributed by atoms with E-state index < -0.39 is 0 Å². The summed E-state index contributed by atoms with van der Waals surface area (Å²) in [5.41, 5.74) is 1.04. The van der Waals surface area contributed by atoms with Crippen LogP contribution in [0.25, 0.3) is 0 Å². The number of ether oxygens (including phenoxy) is 1. The van der Waals surface area contributed by atoms with Crippen molar-refractivity contribution < 1.29 is 9.15 Å². The van der Waals surface area contributed by atoms with Crippen LogP contribution in [-0.2, 0) is 30.1 Å². The van der Waals surface area contributed by atoms with Crippen molar-refractivity contribution in [3.8, 4) is 0 Å². The summed E-state index contributed by atoms with van der Waals surface area (Å²) < 4.78 is 13.8. The van der Waals surface area contributed by atoms with E-state index >= 15 is 0 Å². The Morgan fingerprint density at radius 3 is 2.86 bits per heavy atom. The van der Waals surface area contributed by atoms with Crippen LogP contribution < -0.4 is 0 Å². The summed E-state index contributed by atoms with van der Waals surface area (Å²) in [5, 5.41) is 9.90. The smallest absolute Gasteiger partial charge is 0.191 e. The lowest BCUT2D eigenvalue weighted by atomic mass is 10.2. The van der Waals surface area contributed by atoms with Crippen molar-refractivity contribution in [2.45, 2.75) is 56.4 Å². The lowest BCUT2D eigenvalue weighted by molar-refractivity contribution is 0.0933. The van der Waals surface area contributed by atoms with Gasteiger partial charge < -0.3 is 13.7 Å². The van der Waals surface area contributed by atoms with Crippen molar-refractivity contribution in [2.24, 2.45) is 0 Å². The highest BCUT2D eigenvalue weighted by Crippen LogP contribution is 2.24. The summed E-state index contributed by atoms with van der Waals surface area (Å²) in [5.74, 6) is 3.62. The second kappa shape index (κ2) is 9.56. The Morgan fingerprint density at radius 2 is 2.14 bits per heavy atom. The molecule has 3 aromatic heterocycles. The summed E-state index contributed by atoms with van der Waals surface area (Å²) in [7, 11) is 2.07. The van der Waals surface area contributed by atoms with Crippen molar-refractivity contribution in [2.75, 3.05) is 13.7 Å². The highest BCUT2D eigenvalue weighted by molar-refractivity contribution is 7.98. The van der Waals surface area contributed by atoms with E-state index in [1.165, 1.54) is 0 Å². The molecule has 4 heterocycles. The van der Waals surface area contributed by atoms with Crippen molar-refractivity contribution in [3.63, 3.8) is 0 Å². The van der Waals surface area contributed by atoms with Crippen LogP contribution in [0.5, 0.6) is 0 Å². The maximum atomic E-state index is 5.88. The fourth-order valence-electron chi connectivity index (χ4n) is 3.47. The summed E-state index contributed by atoms with van der Waals surface area (Å²) in [6, 6.07) is 10.00. The number of aryl methyl sites for hydroxylation is 1. The number of pyridine rings is 1. The molecule has 0 amide bonds. The van der Waals surface area contributed by atoms with Gasteiger partial charge in [-0.25, -0.2) is 0 Å². The van der Waals surface area contributed by atoms with Crippen LogP contribution >= 0.6 is 11.8 Å². The molecule has 7 nitrogen and oxygen atoms in total. The molecule has 0 aliphatic carbocycles. The molecule has 0 spiro atoms. The molecule has 1 atom stereocenters. The zero-order chi connectivity index (χ0) is 20.1. The molecule has 4 rings (SSSR count). The monoisotopic (exact) mass is 413 g/mol. The van der Waals surface area contributed by atoms with Gasteiger partial charge >= 0.3 is 0 Å². The first-order chi connectivity index (χ1) is 14.2. The van der Waals surface area contributed by atoms with Gasteiger partial charge in [-0.15, -0.1) is 10.2 Å². The minimum absolute atomic E-state index is 0.233. The Morgan fingerprint density at radius 1 is 1.21 bits per heavy atom. The van der Waals surface area contributed by atoms with E-state index in [1.54, 1.807) is 11.8 Å². The quantitative estimate of drug-likeness (QED) is 0.496. The molecule has 0 unspecified atom stereocenters. The van der Waals surface area contributed by atoms with Gasteiger partial charge in [0.25, 0.3) is 0 Å². The second-order valence-electron chi connectivity index (χ2n) is 7.44. The number of hydrogen-bond donors (Lipinski definition) is 0. The van der Waals surface area contributed by atoms with Gasteiger partial charge in [0.05, 0.1) is 31.4 Å². The Balaban J connectivity index is 1.46. The standard InChI is InChI=1S/C21H27N5O2S/c1-16-8-9-19(28-16)12-25(2)14-20-23-24-21(26(20)13-18-7-5-11-27-18)29-15-17-6-3-4-10-22-17/h3-4,6,8-10,18H,5,7,11-15H2,1-2H3/t18-/m1/s1. The predicted molar refractivity (Wildman–Crippen MR) is 111 cm³/mol. The Kier molecular flexibility index (Phi) is 6.63. The van der Waals surface area contributed by atoms with E-state index in [1.807, 2.05) is 43.5 Å². The molecular formula is C21H27N5O2S. The summed E-state index contributed by atoms with van der Waals surface area (Å²) >= 11 is 1.67. The van der Waals surface area contributed by atoms with Crippen molar-refractivity contribution >= 4 is 11.8 Å². The zero-order valence-corrected chi connectivity index (χ0v) is 17.8. The SMILES string of the molecule is Cc1ccc(CN(C)Cc2nnc(SCc3ccccn3)n2C[C@H]2CCCO2)o1. The summed E-state index contributed by atoms with van der Waals surface area (Å²) in [6.07, 6.45) is 4.26. The lowest BCUT2D eigenvalue weighted by Crippen LogP contribution is -2.23. The van der Waals surface area contributed by atoms with Crippen LogP contribution in [0, 0.1) is 6.92 Å². The van der Waals surface area contributed by atoms with E-state index in [-0.39, 0.29) is 6.10 Å². The van der Waals surface area contributed by atoms with E-state index in [4.69, 9.17) is 9.15 Å². The first-order valence-corrected chi connectivity index (χ1v) is 11.0. The molecule has 0 N–H and O–H groups in total. The number of aromatic nitrogens is 4. The van der Waals surface area contributed by atoms with E-state index in [2.05, 4.69) is 31.7 Å². The number of thioether (sulfide) groups is 1. The van der Waals surface area contributed by atoms with Crippen LogP contribution in [0.2, 0.25) is 0 Å². The largest absolute Gasteiger partial charge is 0.465 e. The zero-order valence-electron chi connectivity index (χ0n) is 17.0. The first kappa shape index (κ1) is 20.1. The molecule has 1 fully saturated rings. The van der Waals surface area contributed by atoms with E-state index in [0.717, 1.165) is 66.5 Å². The molecule has 1 aliphatic rings. The Labute approximate surface area is 175 Å². The molecule has 0 bridgehead atoms. The number of furan rings is 1. The minimum Gasteiger partial charge on any atom is -0.465 e. The summed E-state index contributed by atoms with van der Waals surface area (Å²) in [6.45, 7) is 5.03. The predicted octanol–water partition coefficient (Wildman–Crippen LogP) is 3.68. The highest BCUT2D eigenvalue weighted by atomic mass is 32.2. The van der Waals surface area contributed by atoms with E-state index in [0.29, 0.717) is 6.54 Å². The average molecular weight is 414 g/mol. The van der Waals surface area contributed by atoms with Crippen molar-refractivity contribution in [1.29, 1.82) is 0 Å². The van der Waals surface area contributed by atoms with Gasteiger partial charge in [0, 0.05) is 18.6 Å². The lowest BCUT2D eigenvalue weighted by Gasteiger charge is -2.18. The molecule has 29 heavy (non-hydrogen) atoms. The average Bonchev–Trinajstić information content (AvgIpc) is 3.45. The Bertz CT molecular complexity index is 905. The van der Waals surface area contributed by atoms with Crippen molar-refractivity contribution in [3.05, 3.63) is 59.6 Å². The van der Waals surface area contributed by atoms with Crippen LogP contribution in [0.15, 0.2) is 46.1 Å². The number of hydrogen-bond acceptors (Lipinski definition) is 7. The third-order valence-electron chi connectivity index (χ3n) is 4.91. The van der Waals surface area contributed by atoms with Gasteiger partial charge in [-0.1, -0.05) is 17.8 Å². The van der Waals surface area contributed by atoms with Gasteiger partial charge in [0.15, 0.2) is 5.16 Å². The number of rotatable bonds is 9. The summed E-state index contributed by atoms with van der Waals surface area (Å²) in [4.78, 5) is 6.61. The number of nitrogens with zero attached hydrogens (tertiary/aromatic N) is 5. The normalized spacial score (nSPS) is 16.7. The first-order valence-electron chi connectivity index (χ1n) is 9.97.